The molecule has 0 saturated carbocycles. The van der Waals surface area contributed by atoms with Gasteiger partial charge in [-0.15, -0.1) is 0 Å². The monoisotopic (exact) mass is 351 g/mol. The molecule has 0 aliphatic carbocycles. The lowest BCUT2D eigenvalue weighted by Crippen LogP contribution is -2.41. The van der Waals surface area contributed by atoms with E-state index in [9.17, 15) is 20.0 Å². The summed E-state index contributed by atoms with van der Waals surface area (Å²) in [7, 11) is 0. The van der Waals surface area contributed by atoms with Crippen LogP contribution >= 0.6 is 0 Å². The lowest BCUT2D eigenvalue weighted by atomic mass is 10.1. The number of benzene rings is 1. The second-order valence-corrected chi connectivity index (χ2v) is 5.61. The second kappa shape index (κ2) is 7.68. The number of morpholine rings is 1. The first kappa shape index (κ1) is 17.5. The fourth-order valence-electron chi connectivity index (χ4n) is 2.67. The maximum Gasteiger partial charge on any atom is 0.264 e. The first-order valence-electron chi connectivity index (χ1n) is 7.99. The highest BCUT2D eigenvalue weighted by Crippen LogP contribution is 2.26. The summed E-state index contributed by atoms with van der Waals surface area (Å²) in [6.07, 6.45) is 1.35. The van der Waals surface area contributed by atoms with Crippen molar-refractivity contribution in [1.82, 2.24) is 4.90 Å². The molecule has 1 aromatic carbocycles. The van der Waals surface area contributed by atoms with Crippen molar-refractivity contribution < 1.29 is 23.8 Å². The van der Waals surface area contributed by atoms with Crippen LogP contribution in [0, 0.1) is 11.3 Å². The Labute approximate surface area is 149 Å². The Bertz CT molecular complexity index is 901. The maximum absolute atomic E-state index is 12.4. The molecule has 0 atom stereocenters. The predicted molar refractivity (Wildman–Crippen MR) is 89.5 cm³/mol. The number of carbonyl (C=O) groups excluding carboxylic acids is 2. The van der Waals surface area contributed by atoms with Crippen LogP contribution < -0.4 is 5.11 Å². The number of carbonyl (C=O) groups is 2. The fourth-order valence-corrected chi connectivity index (χ4v) is 2.67. The molecule has 1 saturated heterocycles. The van der Waals surface area contributed by atoms with Gasteiger partial charge in [-0.3, -0.25) is 4.79 Å². The van der Waals surface area contributed by atoms with E-state index in [-0.39, 0.29) is 22.8 Å². The molecule has 2 heterocycles. The third-order valence-electron chi connectivity index (χ3n) is 3.97. The maximum atomic E-state index is 12.4. The number of ether oxygens (including phenoxy) is 1. The van der Waals surface area contributed by atoms with E-state index >= 15 is 0 Å². The number of hydrogen-bond donors (Lipinski definition) is 0. The second-order valence-electron chi connectivity index (χ2n) is 5.61. The van der Waals surface area contributed by atoms with E-state index in [0.717, 1.165) is 0 Å². The average molecular weight is 351 g/mol. The number of nitrogens with zero attached hydrogens (tertiary/aromatic N) is 2. The van der Waals surface area contributed by atoms with Crippen LogP contribution in [-0.4, -0.2) is 43.1 Å². The molecule has 26 heavy (non-hydrogen) atoms. The third kappa shape index (κ3) is 3.66. The smallest absolute Gasteiger partial charge is 0.264 e. The summed E-state index contributed by atoms with van der Waals surface area (Å²) in [4.78, 5) is 25.2. The molecule has 1 aliphatic heterocycles. The third-order valence-corrected chi connectivity index (χ3v) is 3.97. The molecular weight excluding hydrogens is 336 g/mol. The quantitative estimate of drug-likeness (QED) is 0.602. The van der Waals surface area contributed by atoms with Gasteiger partial charge < -0.3 is 24.0 Å². The molecule has 3 rings (SSSR count). The van der Waals surface area contributed by atoms with Crippen LogP contribution in [-0.2, 0) is 9.53 Å². The zero-order valence-corrected chi connectivity index (χ0v) is 13.8. The van der Waals surface area contributed by atoms with E-state index in [2.05, 4.69) is 0 Å². The largest absolute Gasteiger partial charge is 0.545 e. The lowest BCUT2D eigenvalue weighted by molar-refractivity contribution is -0.254. The van der Waals surface area contributed by atoms with Crippen LogP contribution in [0.25, 0.3) is 17.4 Å². The van der Waals surface area contributed by atoms with Gasteiger partial charge >= 0.3 is 0 Å². The van der Waals surface area contributed by atoms with E-state index in [1.807, 2.05) is 6.07 Å². The predicted octanol–water partition coefficient (Wildman–Crippen LogP) is 1.08. The average Bonchev–Trinajstić information content (AvgIpc) is 3.14. The SMILES string of the molecule is N#C/C(=C\c1ccc(-c2ccccc2C(=O)[O-])o1)C(=O)N1CCOCC1. The first-order valence-corrected chi connectivity index (χ1v) is 7.99. The number of furan rings is 1. The summed E-state index contributed by atoms with van der Waals surface area (Å²) in [5, 5.41) is 20.5. The number of carboxylic acid groups (broad SMARTS) is 1. The Morgan fingerprint density at radius 3 is 2.58 bits per heavy atom. The zero-order chi connectivity index (χ0) is 18.5. The van der Waals surface area contributed by atoms with Crippen molar-refractivity contribution in [3.63, 3.8) is 0 Å². The Morgan fingerprint density at radius 1 is 1.15 bits per heavy atom. The molecule has 0 radical (unpaired) electrons. The molecule has 0 spiro atoms. The molecule has 1 aromatic heterocycles. The topological polar surface area (TPSA) is 107 Å². The highest BCUT2D eigenvalue weighted by molar-refractivity contribution is 6.01. The molecule has 1 aliphatic rings. The molecular formula is C19H15N2O5-. The summed E-state index contributed by atoms with van der Waals surface area (Å²) in [6.45, 7) is 1.74. The van der Waals surface area contributed by atoms with E-state index < -0.39 is 5.97 Å². The van der Waals surface area contributed by atoms with Gasteiger partial charge in [0.2, 0.25) is 0 Å². The highest BCUT2D eigenvalue weighted by Gasteiger charge is 2.21. The van der Waals surface area contributed by atoms with E-state index in [1.54, 1.807) is 35.2 Å². The summed E-state index contributed by atoms with van der Waals surface area (Å²) in [5.41, 5.74) is 0.313. The van der Waals surface area contributed by atoms with Crippen LogP contribution in [0.3, 0.4) is 0 Å². The molecule has 7 heteroatoms. The van der Waals surface area contributed by atoms with Crippen molar-refractivity contribution in [2.24, 2.45) is 0 Å². The van der Waals surface area contributed by atoms with E-state index in [4.69, 9.17) is 9.15 Å². The minimum atomic E-state index is -1.31. The minimum absolute atomic E-state index is 0.00211. The molecule has 0 unspecified atom stereocenters. The van der Waals surface area contributed by atoms with Gasteiger partial charge in [-0.1, -0.05) is 24.3 Å². The number of aromatic carboxylic acids is 1. The van der Waals surface area contributed by atoms with Crippen molar-refractivity contribution in [3.8, 4) is 17.4 Å². The van der Waals surface area contributed by atoms with Gasteiger partial charge in [-0.25, -0.2) is 0 Å². The van der Waals surface area contributed by atoms with Gasteiger partial charge in [-0.2, -0.15) is 5.26 Å². The molecule has 2 aromatic rings. The number of nitriles is 1. The van der Waals surface area contributed by atoms with Crippen LogP contribution in [0.5, 0.6) is 0 Å². The number of hydrogen-bond acceptors (Lipinski definition) is 6. The van der Waals surface area contributed by atoms with E-state index in [0.29, 0.717) is 37.6 Å². The first-order chi connectivity index (χ1) is 12.6. The Balaban J connectivity index is 1.87. The van der Waals surface area contributed by atoms with Crippen LogP contribution in [0.1, 0.15) is 16.1 Å². The standard InChI is InChI=1S/C19H16N2O5/c20-12-13(18(22)21-7-9-25-10-8-21)11-14-5-6-17(26-14)15-3-1-2-4-16(15)19(23)24/h1-6,11H,7-10H2,(H,23,24)/p-1/b13-11+. The van der Waals surface area contributed by atoms with E-state index in [1.165, 1.54) is 12.1 Å². The van der Waals surface area contributed by atoms with Gasteiger partial charge in [-0.05, 0) is 12.1 Å². The molecule has 1 fully saturated rings. The van der Waals surface area contributed by atoms with Crippen LogP contribution in [0.4, 0.5) is 0 Å². The van der Waals surface area contributed by atoms with Crippen LogP contribution in [0.15, 0.2) is 46.4 Å². The van der Waals surface area contributed by atoms with Crippen LogP contribution in [0.2, 0.25) is 0 Å². The summed E-state index contributed by atoms with van der Waals surface area (Å²) < 4.78 is 10.8. The summed E-state index contributed by atoms with van der Waals surface area (Å²) in [5.74, 6) is -1.10. The van der Waals surface area contributed by atoms with Crippen molar-refractivity contribution in [2.45, 2.75) is 0 Å². The Morgan fingerprint density at radius 2 is 1.88 bits per heavy atom. The van der Waals surface area contributed by atoms with Gasteiger partial charge in [0, 0.05) is 30.3 Å². The van der Waals surface area contributed by atoms with Gasteiger partial charge in [0.15, 0.2) is 0 Å². The minimum Gasteiger partial charge on any atom is -0.545 e. The number of amides is 1. The molecule has 1 amide bonds. The zero-order valence-electron chi connectivity index (χ0n) is 13.8. The van der Waals surface area contributed by atoms with Gasteiger partial charge in [0.1, 0.15) is 23.2 Å². The number of carboxylic acids is 1. The highest BCUT2D eigenvalue weighted by atomic mass is 16.5. The molecule has 7 nitrogen and oxygen atoms in total. The van der Waals surface area contributed by atoms with Gasteiger partial charge in [0.25, 0.3) is 5.91 Å². The van der Waals surface area contributed by atoms with Gasteiger partial charge in [0.05, 0.1) is 19.2 Å². The van der Waals surface area contributed by atoms with Crippen molar-refractivity contribution in [1.29, 1.82) is 5.26 Å². The number of rotatable bonds is 4. The van der Waals surface area contributed by atoms with Crippen molar-refractivity contribution in [3.05, 3.63) is 53.3 Å². The summed E-state index contributed by atoms with van der Waals surface area (Å²) >= 11 is 0. The Hall–Kier alpha value is -3.37. The molecule has 0 bridgehead atoms. The molecule has 132 valence electrons. The van der Waals surface area contributed by atoms with Crippen molar-refractivity contribution in [2.75, 3.05) is 26.3 Å². The molecule has 0 N–H and O–H groups in total. The summed E-state index contributed by atoms with van der Waals surface area (Å²) in [6, 6.07) is 11.3. The lowest BCUT2D eigenvalue weighted by Gasteiger charge is -2.26. The normalized spacial score (nSPS) is 14.7. The Kier molecular flexibility index (Phi) is 5.15. The van der Waals surface area contributed by atoms with Crippen molar-refractivity contribution >= 4 is 18.0 Å². The fraction of sp³-hybridized carbons (Fsp3) is 0.211.